The molecule has 8 nitrogen and oxygen atoms in total. The van der Waals surface area contributed by atoms with Gasteiger partial charge >= 0.3 is 0 Å². The van der Waals surface area contributed by atoms with Gasteiger partial charge in [0.1, 0.15) is 34.7 Å². The van der Waals surface area contributed by atoms with Crippen LogP contribution in [0.3, 0.4) is 0 Å². The number of rotatable bonds is 5. The second-order valence-electron chi connectivity index (χ2n) is 9.34. The van der Waals surface area contributed by atoms with Crippen LogP contribution in [-0.2, 0) is 18.6 Å². The maximum absolute atomic E-state index is 14.3. The van der Waals surface area contributed by atoms with Gasteiger partial charge in [-0.3, -0.25) is 23.7 Å². The van der Waals surface area contributed by atoms with Crippen LogP contribution in [0, 0.1) is 11.6 Å². The van der Waals surface area contributed by atoms with Crippen molar-refractivity contribution in [2.24, 2.45) is 0 Å². The standard InChI is InChI=1S/C28H23ClF2N4O4/c1-28(2,38)19-8-5-9-34(26(19)36)24-12-22-16(13-33-24)6-3-4-7-18-11-23(25(29)27(37)35(18)22)39-15-21-20(31)10-17(30)14-32-21/h3,5-6,8-14,38H,4,7,15H2,1-2H3/b6-3-/i15D2. The predicted molar refractivity (Wildman–Crippen MR) is 142 cm³/mol. The largest absolute Gasteiger partial charge is 0.485 e. The third kappa shape index (κ3) is 5.13. The van der Waals surface area contributed by atoms with E-state index >= 15 is 0 Å². The summed E-state index contributed by atoms with van der Waals surface area (Å²) < 4.78 is 51.9. The molecule has 0 radical (unpaired) electrons. The van der Waals surface area contributed by atoms with Gasteiger partial charge < -0.3 is 9.84 Å². The molecule has 5 heterocycles. The Hall–Kier alpha value is -4.15. The lowest BCUT2D eigenvalue weighted by Gasteiger charge is -2.21. The van der Waals surface area contributed by atoms with Gasteiger partial charge in [-0.05, 0) is 38.8 Å². The zero-order valence-corrected chi connectivity index (χ0v) is 21.5. The number of pyridine rings is 4. The number of aromatic nitrogens is 4. The average Bonchev–Trinajstić information content (AvgIpc) is 2.87. The molecular weight excluding hydrogens is 530 g/mol. The fourth-order valence-corrected chi connectivity index (χ4v) is 4.39. The summed E-state index contributed by atoms with van der Waals surface area (Å²) in [5.74, 6) is -2.43. The van der Waals surface area contributed by atoms with E-state index in [4.69, 9.17) is 19.1 Å². The molecule has 0 saturated heterocycles. The van der Waals surface area contributed by atoms with E-state index in [0.717, 1.165) is 0 Å². The fraction of sp³-hybridized carbons (Fsp3) is 0.214. The summed E-state index contributed by atoms with van der Waals surface area (Å²) in [6.07, 6.45) is 8.08. The van der Waals surface area contributed by atoms with Crippen molar-refractivity contribution in [1.82, 2.24) is 19.1 Å². The highest BCUT2D eigenvalue weighted by atomic mass is 35.5. The highest BCUT2D eigenvalue weighted by Gasteiger charge is 2.23. The first-order valence-electron chi connectivity index (χ1n) is 12.8. The van der Waals surface area contributed by atoms with Crippen LogP contribution in [-0.4, -0.2) is 24.2 Å². The Balaban J connectivity index is 1.65. The van der Waals surface area contributed by atoms with Crippen molar-refractivity contribution in [2.45, 2.75) is 38.8 Å². The Morgan fingerprint density at radius 2 is 1.97 bits per heavy atom. The van der Waals surface area contributed by atoms with Gasteiger partial charge in [-0.1, -0.05) is 23.8 Å². The molecule has 39 heavy (non-hydrogen) atoms. The number of halogens is 3. The van der Waals surface area contributed by atoms with Crippen molar-refractivity contribution in [3.63, 3.8) is 0 Å². The monoisotopic (exact) mass is 554 g/mol. The number of aliphatic hydroxyl groups is 1. The number of nitrogens with zero attached hydrogens (tertiary/aromatic N) is 4. The molecule has 0 unspecified atom stereocenters. The van der Waals surface area contributed by atoms with Crippen LogP contribution in [0.1, 0.15) is 45.5 Å². The molecule has 0 bridgehead atoms. The Labute approximate surface area is 229 Å². The normalized spacial score (nSPS) is 14.8. The molecule has 1 aliphatic rings. The number of aryl methyl sites for hydroxylation is 1. The van der Waals surface area contributed by atoms with Gasteiger partial charge in [-0.15, -0.1) is 0 Å². The van der Waals surface area contributed by atoms with Crippen LogP contribution >= 0.6 is 11.6 Å². The second kappa shape index (κ2) is 10.2. The highest BCUT2D eigenvalue weighted by Crippen LogP contribution is 2.29. The van der Waals surface area contributed by atoms with Crippen molar-refractivity contribution < 1.29 is 21.4 Å². The van der Waals surface area contributed by atoms with E-state index in [-0.39, 0.29) is 17.1 Å². The van der Waals surface area contributed by atoms with Crippen LogP contribution in [0.4, 0.5) is 8.78 Å². The van der Waals surface area contributed by atoms with Gasteiger partial charge in [0.2, 0.25) is 0 Å². The molecule has 0 fully saturated rings. The maximum atomic E-state index is 14.3. The van der Waals surface area contributed by atoms with Gasteiger partial charge in [0.05, 0.1) is 20.2 Å². The minimum absolute atomic E-state index is 0.150. The third-order valence-electron chi connectivity index (χ3n) is 6.11. The van der Waals surface area contributed by atoms with E-state index in [1.54, 1.807) is 12.1 Å². The Morgan fingerprint density at radius 3 is 2.72 bits per heavy atom. The Bertz CT molecular complexity index is 1830. The number of allylic oxidation sites excluding steroid dienone is 1. The molecule has 0 saturated carbocycles. The third-order valence-corrected chi connectivity index (χ3v) is 6.46. The molecule has 5 rings (SSSR count). The van der Waals surface area contributed by atoms with Crippen LogP contribution < -0.4 is 15.9 Å². The molecule has 4 aromatic rings. The predicted octanol–water partition coefficient (Wildman–Crippen LogP) is 4.48. The van der Waals surface area contributed by atoms with Crippen molar-refractivity contribution in [1.29, 1.82) is 0 Å². The summed E-state index contributed by atoms with van der Waals surface area (Å²) in [7, 11) is 0. The first-order chi connectivity index (χ1) is 19.3. The molecule has 0 aliphatic carbocycles. The zero-order chi connectivity index (χ0) is 29.7. The Kier molecular flexibility index (Phi) is 6.26. The summed E-state index contributed by atoms with van der Waals surface area (Å²) in [5, 5.41) is 9.93. The van der Waals surface area contributed by atoms with Crippen LogP contribution in [0.25, 0.3) is 17.6 Å². The summed E-state index contributed by atoms with van der Waals surface area (Å²) in [5.41, 5.74) is -2.05. The van der Waals surface area contributed by atoms with E-state index in [9.17, 15) is 23.5 Å². The molecule has 0 atom stereocenters. The fourth-order valence-electron chi connectivity index (χ4n) is 4.21. The minimum Gasteiger partial charge on any atom is -0.485 e. The second-order valence-corrected chi connectivity index (χ2v) is 9.72. The molecule has 0 spiro atoms. The molecule has 1 N–H and O–H groups in total. The minimum atomic E-state index is -2.89. The van der Waals surface area contributed by atoms with Gasteiger partial charge in [-0.25, -0.2) is 13.8 Å². The van der Waals surface area contributed by atoms with E-state index in [1.165, 1.54) is 53.6 Å². The van der Waals surface area contributed by atoms with E-state index in [1.807, 2.05) is 6.08 Å². The lowest BCUT2D eigenvalue weighted by molar-refractivity contribution is 0.0767. The molecule has 11 heteroatoms. The maximum Gasteiger partial charge on any atom is 0.277 e. The van der Waals surface area contributed by atoms with E-state index in [0.29, 0.717) is 42.0 Å². The van der Waals surface area contributed by atoms with Crippen molar-refractivity contribution in [3.8, 4) is 17.3 Å². The van der Waals surface area contributed by atoms with Crippen molar-refractivity contribution >= 4 is 17.7 Å². The van der Waals surface area contributed by atoms with Gasteiger partial charge in [0.25, 0.3) is 11.1 Å². The first kappa shape index (κ1) is 23.9. The number of ether oxygens (including phenoxy) is 1. The van der Waals surface area contributed by atoms with Crippen LogP contribution in [0.2, 0.25) is 5.02 Å². The molecule has 4 aromatic heterocycles. The zero-order valence-electron chi connectivity index (χ0n) is 22.8. The molecule has 200 valence electrons. The molecule has 0 aromatic carbocycles. The molecular formula is C28H23ClF2N4O4. The topological polar surface area (TPSA) is 99.2 Å². The van der Waals surface area contributed by atoms with Crippen LogP contribution in [0.15, 0.2) is 64.6 Å². The number of hydrogen-bond donors (Lipinski definition) is 1. The highest BCUT2D eigenvalue weighted by molar-refractivity contribution is 6.31. The lowest BCUT2D eigenvalue weighted by atomic mass is 10.0. The molecule has 0 amide bonds. The van der Waals surface area contributed by atoms with E-state index < -0.39 is 45.6 Å². The van der Waals surface area contributed by atoms with Crippen LogP contribution in [0.5, 0.6) is 5.75 Å². The smallest absolute Gasteiger partial charge is 0.277 e. The number of hydrogen-bond acceptors (Lipinski definition) is 6. The van der Waals surface area contributed by atoms with Gasteiger partial charge in [0, 0.05) is 47.4 Å². The first-order valence-corrected chi connectivity index (χ1v) is 12.2. The summed E-state index contributed by atoms with van der Waals surface area (Å²) in [6.45, 7) is 0.0936. The number of fused-ring (bicyclic) bond motifs is 3. The van der Waals surface area contributed by atoms with E-state index in [2.05, 4.69) is 9.97 Å². The van der Waals surface area contributed by atoms with Crippen molar-refractivity contribution in [3.05, 3.63) is 115 Å². The van der Waals surface area contributed by atoms with Gasteiger partial charge in [0.15, 0.2) is 5.82 Å². The summed E-state index contributed by atoms with van der Waals surface area (Å²) in [6, 6.07) is 6.48. The Morgan fingerprint density at radius 1 is 1.18 bits per heavy atom. The lowest BCUT2D eigenvalue weighted by Crippen LogP contribution is -2.31. The van der Waals surface area contributed by atoms with Crippen molar-refractivity contribution in [2.75, 3.05) is 0 Å². The van der Waals surface area contributed by atoms with Gasteiger partial charge in [-0.2, -0.15) is 0 Å². The summed E-state index contributed by atoms with van der Waals surface area (Å²) in [4.78, 5) is 34.7. The quantitative estimate of drug-likeness (QED) is 0.391. The SMILES string of the molecule is [2H]C([2H])(Oc1cc2n(c(=O)c1Cl)-c1cc(-n3cccc(C(C)(C)O)c3=O)ncc1/C=C\CC2)c1ncc(F)cc1F. The summed E-state index contributed by atoms with van der Waals surface area (Å²) >= 11 is 6.39. The average molecular weight is 555 g/mol. The molecule has 1 aliphatic heterocycles.